The molecule has 5 rings (SSSR count). The Kier molecular flexibility index (Phi) is 6.38. The van der Waals surface area contributed by atoms with E-state index in [2.05, 4.69) is 15.0 Å². The third-order valence-electron chi connectivity index (χ3n) is 6.29. The predicted molar refractivity (Wildman–Crippen MR) is 135 cm³/mol. The number of imidazole rings is 1. The predicted octanol–water partition coefficient (Wildman–Crippen LogP) is 7.05. The Labute approximate surface area is 207 Å². The van der Waals surface area contributed by atoms with E-state index in [9.17, 15) is 13.6 Å². The molecule has 0 atom stereocenters. The van der Waals surface area contributed by atoms with Gasteiger partial charge in [0.25, 0.3) is 0 Å². The monoisotopic (exact) mass is 485 g/mol. The number of nitrogens with zero attached hydrogens (tertiary/aromatic N) is 1. The number of hydrogen-bond acceptors (Lipinski definition) is 3. The summed E-state index contributed by atoms with van der Waals surface area (Å²) >= 11 is 0. The van der Waals surface area contributed by atoms with Crippen molar-refractivity contribution >= 4 is 16.7 Å². The van der Waals surface area contributed by atoms with Gasteiger partial charge in [-0.25, -0.2) is 13.8 Å². The first-order chi connectivity index (χ1) is 17.4. The highest BCUT2D eigenvalue weighted by atomic mass is 19.1. The average Bonchev–Trinajstić information content (AvgIpc) is 3.53. The van der Waals surface area contributed by atoms with Gasteiger partial charge in [0.05, 0.1) is 5.56 Å². The van der Waals surface area contributed by atoms with Gasteiger partial charge in [-0.15, -0.1) is 0 Å². The third-order valence-corrected chi connectivity index (χ3v) is 6.29. The standard InChI is InChI=1S/C29H25F2N3O2/c1-17(35)6-7-19-4-3-5-20(28(19)31)14-21-16-33-29(34-21)24-15-22(8-9-25(24)30)36-27-11-10-26-23(18(27)2)12-13-32-26/h3-5,8-13,15-16,32H,6-7,14H2,1-2H3,(H,33,34). The minimum atomic E-state index is -0.446. The Morgan fingerprint density at radius 2 is 1.89 bits per heavy atom. The molecule has 0 saturated heterocycles. The van der Waals surface area contributed by atoms with Crippen molar-refractivity contribution in [2.24, 2.45) is 0 Å². The number of aromatic nitrogens is 3. The smallest absolute Gasteiger partial charge is 0.140 e. The maximum atomic E-state index is 14.9. The summed E-state index contributed by atoms with van der Waals surface area (Å²) in [6.07, 6.45) is 4.37. The number of halogens is 2. The van der Waals surface area contributed by atoms with Gasteiger partial charge in [0.2, 0.25) is 0 Å². The van der Waals surface area contributed by atoms with Crippen molar-refractivity contribution in [3.8, 4) is 22.9 Å². The van der Waals surface area contributed by atoms with Crippen LogP contribution in [0.3, 0.4) is 0 Å². The Bertz CT molecular complexity index is 1570. The van der Waals surface area contributed by atoms with E-state index in [1.807, 2.05) is 31.3 Å². The molecule has 0 amide bonds. The number of fused-ring (bicyclic) bond motifs is 1. The molecule has 2 aromatic heterocycles. The van der Waals surface area contributed by atoms with E-state index < -0.39 is 5.82 Å². The number of ketones is 1. The van der Waals surface area contributed by atoms with E-state index in [-0.39, 0.29) is 23.6 Å². The van der Waals surface area contributed by atoms with Gasteiger partial charge in [0.1, 0.15) is 34.7 Å². The molecule has 3 aromatic carbocycles. The number of aryl methyl sites for hydroxylation is 2. The first-order valence-corrected chi connectivity index (χ1v) is 11.7. The number of ether oxygens (including phenoxy) is 1. The molecular weight excluding hydrogens is 460 g/mol. The third kappa shape index (κ3) is 4.77. The molecule has 2 N–H and O–H groups in total. The largest absolute Gasteiger partial charge is 0.457 e. The van der Waals surface area contributed by atoms with Crippen LogP contribution < -0.4 is 4.74 Å². The maximum Gasteiger partial charge on any atom is 0.140 e. The fourth-order valence-electron chi connectivity index (χ4n) is 4.32. The molecule has 0 aliphatic carbocycles. The summed E-state index contributed by atoms with van der Waals surface area (Å²) in [5, 5.41) is 1.06. The minimum absolute atomic E-state index is 0.0198. The summed E-state index contributed by atoms with van der Waals surface area (Å²) in [7, 11) is 0. The second-order valence-corrected chi connectivity index (χ2v) is 8.90. The fraction of sp³-hybridized carbons (Fsp3) is 0.172. The molecule has 182 valence electrons. The van der Waals surface area contributed by atoms with Gasteiger partial charge in [0.15, 0.2) is 0 Å². The number of carbonyl (C=O) groups is 1. The summed E-state index contributed by atoms with van der Waals surface area (Å²) in [5.74, 6) is 0.738. The lowest BCUT2D eigenvalue weighted by Crippen LogP contribution is -2.01. The van der Waals surface area contributed by atoms with Crippen molar-refractivity contribution < 1.29 is 18.3 Å². The van der Waals surface area contributed by atoms with Crippen LogP contribution in [0.1, 0.15) is 35.7 Å². The van der Waals surface area contributed by atoms with Crippen molar-refractivity contribution in [2.75, 3.05) is 0 Å². The first-order valence-electron chi connectivity index (χ1n) is 11.7. The first kappa shape index (κ1) is 23.5. The van der Waals surface area contributed by atoms with E-state index in [1.54, 1.807) is 36.5 Å². The zero-order valence-electron chi connectivity index (χ0n) is 20.0. The van der Waals surface area contributed by atoms with Crippen LogP contribution in [0.25, 0.3) is 22.3 Å². The van der Waals surface area contributed by atoms with Crippen molar-refractivity contribution in [3.63, 3.8) is 0 Å². The number of hydrogen-bond donors (Lipinski definition) is 2. The maximum absolute atomic E-state index is 14.9. The number of H-pyrrole nitrogens is 2. The molecule has 5 nitrogen and oxygen atoms in total. The normalized spacial score (nSPS) is 11.2. The van der Waals surface area contributed by atoms with Crippen molar-refractivity contribution in [3.05, 3.63) is 101 Å². The zero-order valence-corrected chi connectivity index (χ0v) is 20.0. The van der Waals surface area contributed by atoms with Crippen molar-refractivity contribution in [2.45, 2.75) is 33.1 Å². The topological polar surface area (TPSA) is 70.8 Å². The van der Waals surface area contributed by atoms with Crippen LogP contribution in [0.4, 0.5) is 8.78 Å². The van der Waals surface area contributed by atoms with Crippen LogP contribution in [0.15, 0.2) is 67.0 Å². The number of rotatable bonds is 8. The SMILES string of the molecule is CC(=O)CCc1cccc(Cc2cnc(-c3cc(Oc4ccc5[nH]ccc5c4C)ccc3F)[nH]2)c1F. The molecule has 0 fully saturated rings. The molecule has 0 aliphatic rings. The molecule has 0 radical (unpaired) electrons. The summed E-state index contributed by atoms with van der Waals surface area (Å²) in [5.41, 5.74) is 3.89. The second-order valence-electron chi connectivity index (χ2n) is 8.90. The Morgan fingerprint density at radius 1 is 1.06 bits per heavy atom. The van der Waals surface area contributed by atoms with Crippen LogP contribution in [0.5, 0.6) is 11.5 Å². The van der Waals surface area contributed by atoms with Gasteiger partial charge in [-0.05, 0) is 67.8 Å². The van der Waals surface area contributed by atoms with Crippen molar-refractivity contribution in [1.29, 1.82) is 0 Å². The molecule has 5 aromatic rings. The highest BCUT2D eigenvalue weighted by Gasteiger charge is 2.15. The van der Waals surface area contributed by atoms with Crippen LogP contribution in [-0.4, -0.2) is 20.7 Å². The molecule has 7 heteroatoms. The highest BCUT2D eigenvalue weighted by molar-refractivity contribution is 5.85. The van der Waals surface area contributed by atoms with E-state index in [4.69, 9.17) is 4.74 Å². The van der Waals surface area contributed by atoms with Crippen LogP contribution >= 0.6 is 0 Å². The van der Waals surface area contributed by atoms with Gasteiger partial charge in [-0.2, -0.15) is 0 Å². The van der Waals surface area contributed by atoms with E-state index in [0.717, 1.165) is 16.5 Å². The summed E-state index contributed by atoms with van der Waals surface area (Å²) < 4.78 is 35.8. The van der Waals surface area contributed by atoms with Crippen molar-refractivity contribution in [1.82, 2.24) is 15.0 Å². The van der Waals surface area contributed by atoms with Crippen LogP contribution in [0, 0.1) is 18.6 Å². The fourth-order valence-corrected chi connectivity index (χ4v) is 4.32. The van der Waals surface area contributed by atoms with Crippen LogP contribution in [0.2, 0.25) is 0 Å². The lowest BCUT2D eigenvalue weighted by atomic mass is 10.0. The summed E-state index contributed by atoms with van der Waals surface area (Å²) in [6, 6.07) is 15.5. The Balaban J connectivity index is 1.37. The molecular formula is C29H25F2N3O2. The van der Waals surface area contributed by atoms with Gasteiger partial charge >= 0.3 is 0 Å². The molecule has 0 aliphatic heterocycles. The summed E-state index contributed by atoms with van der Waals surface area (Å²) in [4.78, 5) is 21.9. The van der Waals surface area contributed by atoms with Crippen LogP contribution in [-0.2, 0) is 17.6 Å². The molecule has 0 spiro atoms. The second kappa shape index (κ2) is 9.77. The Hall–Kier alpha value is -4.26. The van der Waals surface area contributed by atoms with Gasteiger partial charge < -0.3 is 19.5 Å². The van der Waals surface area contributed by atoms with E-state index in [1.165, 1.54) is 13.0 Å². The molecule has 0 saturated carbocycles. The number of carbonyl (C=O) groups excluding carboxylic acids is 1. The van der Waals surface area contributed by atoms with E-state index in [0.29, 0.717) is 47.0 Å². The zero-order chi connectivity index (χ0) is 25.2. The van der Waals surface area contributed by atoms with Gasteiger partial charge in [-0.1, -0.05) is 18.2 Å². The average molecular weight is 486 g/mol. The number of Topliss-reactive ketones (excluding diaryl/α,β-unsaturated/α-hetero) is 1. The molecule has 2 heterocycles. The van der Waals surface area contributed by atoms with E-state index >= 15 is 0 Å². The highest BCUT2D eigenvalue weighted by Crippen LogP contribution is 2.33. The quantitative estimate of drug-likeness (QED) is 0.247. The lowest BCUT2D eigenvalue weighted by molar-refractivity contribution is -0.116. The summed E-state index contributed by atoms with van der Waals surface area (Å²) in [6.45, 7) is 3.47. The minimum Gasteiger partial charge on any atom is -0.457 e. The van der Waals surface area contributed by atoms with Gasteiger partial charge in [0, 0.05) is 47.4 Å². The number of benzene rings is 3. The molecule has 0 unspecified atom stereocenters. The Morgan fingerprint density at radius 3 is 2.72 bits per heavy atom. The number of nitrogens with one attached hydrogen (secondary N) is 2. The van der Waals surface area contributed by atoms with Gasteiger partial charge in [-0.3, -0.25) is 0 Å². The molecule has 36 heavy (non-hydrogen) atoms. The number of aromatic amines is 2. The lowest BCUT2D eigenvalue weighted by Gasteiger charge is -2.11. The molecule has 0 bridgehead atoms.